The van der Waals surface area contributed by atoms with E-state index >= 15 is 0 Å². The third-order valence-electron chi connectivity index (χ3n) is 3.25. The van der Waals surface area contributed by atoms with Gasteiger partial charge in [-0.15, -0.1) is 0 Å². The average molecular weight is 329 g/mol. The molecule has 0 saturated carbocycles. The third kappa shape index (κ3) is 5.28. The highest BCUT2D eigenvalue weighted by atomic mass is 16.5. The molecule has 2 aromatic rings. The molecule has 5 heteroatoms. The number of hydrogen-bond donors (Lipinski definition) is 1. The molecule has 0 fully saturated rings. The predicted molar refractivity (Wildman–Crippen MR) is 94.0 cm³/mol. The number of rotatable bonds is 9. The lowest BCUT2D eigenvalue weighted by atomic mass is 10.2. The maximum Gasteiger partial charge on any atom is 0.255 e. The first-order chi connectivity index (χ1) is 11.7. The molecule has 5 nitrogen and oxygen atoms in total. The van der Waals surface area contributed by atoms with E-state index < -0.39 is 0 Å². The van der Waals surface area contributed by atoms with Crippen LogP contribution < -0.4 is 14.8 Å². The van der Waals surface area contributed by atoms with Crippen LogP contribution in [0.2, 0.25) is 0 Å². The first kappa shape index (κ1) is 17.8. The minimum atomic E-state index is -0.195. The van der Waals surface area contributed by atoms with Crippen molar-refractivity contribution in [2.45, 2.75) is 13.8 Å². The SMILES string of the molecule is CCOCCOc1ccccc1NC(=O)c1ccc(OCC)cc1. The molecule has 2 rings (SSSR count). The number of carbonyl (C=O) groups is 1. The fourth-order valence-electron chi connectivity index (χ4n) is 2.11. The number of hydrogen-bond acceptors (Lipinski definition) is 4. The predicted octanol–water partition coefficient (Wildman–Crippen LogP) is 3.75. The molecule has 0 bridgehead atoms. The Morgan fingerprint density at radius 2 is 1.67 bits per heavy atom. The maximum atomic E-state index is 12.4. The van der Waals surface area contributed by atoms with Crippen molar-refractivity contribution >= 4 is 11.6 Å². The van der Waals surface area contributed by atoms with Crippen LogP contribution in [0.4, 0.5) is 5.69 Å². The number of carbonyl (C=O) groups excluding carboxylic acids is 1. The maximum absolute atomic E-state index is 12.4. The Morgan fingerprint density at radius 1 is 0.917 bits per heavy atom. The van der Waals surface area contributed by atoms with Crippen molar-refractivity contribution in [3.05, 3.63) is 54.1 Å². The topological polar surface area (TPSA) is 56.8 Å². The smallest absolute Gasteiger partial charge is 0.255 e. The van der Waals surface area contributed by atoms with Gasteiger partial charge in [0.2, 0.25) is 0 Å². The number of anilines is 1. The summed E-state index contributed by atoms with van der Waals surface area (Å²) in [7, 11) is 0. The van der Waals surface area contributed by atoms with Gasteiger partial charge in [-0.05, 0) is 50.2 Å². The zero-order chi connectivity index (χ0) is 17.2. The molecule has 0 atom stereocenters. The molecule has 0 saturated heterocycles. The second-order valence-corrected chi connectivity index (χ2v) is 4.95. The summed E-state index contributed by atoms with van der Waals surface area (Å²) >= 11 is 0. The summed E-state index contributed by atoms with van der Waals surface area (Å²) in [5.74, 6) is 1.17. The molecule has 1 N–H and O–H groups in total. The first-order valence-corrected chi connectivity index (χ1v) is 8.08. The van der Waals surface area contributed by atoms with Gasteiger partial charge in [-0.3, -0.25) is 4.79 Å². The van der Waals surface area contributed by atoms with Crippen LogP contribution in [0.25, 0.3) is 0 Å². The fraction of sp³-hybridized carbons (Fsp3) is 0.316. The minimum Gasteiger partial charge on any atom is -0.494 e. The summed E-state index contributed by atoms with van der Waals surface area (Å²) < 4.78 is 16.3. The van der Waals surface area contributed by atoms with E-state index in [1.54, 1.807) is 24.3 Å². The molecule has 0 aliphatic carbocycles. The van der Waals surface area contributed by atoms with Gasteiger partial charge in [0.1, 0.15) is 18.1 Å². The van der Waals surface area contributed by atoms with E-state index in [9.17, 15) is 4.79 Å². The first-order valence-electron chi connectivity index (χ1n) is 8.08. The summed E-state index contributed by atoms with van der Waals surface area (Å²) in [6.07, 6.45) is 0. The minimum absolute atomic E-state index is 0.195. The van der Waals surface area contributed by atoms with E-state index in [0.717, 1.165) is 5.75 Å². The molecular formula is C19H23NO4. The lowest BCUT2D eigenvalue weighted by molar-refractivity contribution is 0.102. The van der Waals surface area contributed by atoms with E-state index in [1.165, 1.54) is 0 Å². The summed E-state index contributed by atoms with van der Waals surface area (Å²) in [5.41, 5.74) is 1.19. The Balaban J connectivity index is 2.00. The van der Waals surface area contributed by atoms with Crippen LogP contribution in [-0.4, -0.2) is 32.3 Å². The van der Waals surface area contributed by atoms with Crippen molar-refractivity contribution in [1.29, 1.82) is 0 Å². The van der Waals surface area contributed by atoms with Gasteiger partial charge in [-0.2, -0.15) is 0 Å². The summed E-state index contributed by atoms with van der Waals surface area (Å²) in [4.78, 5) is 12.4. The molecule has 0 unspecified atom stereocenters. The largest absolute Gasteiger partial charge is 0.494 e. The standard InChI is InChI=1S/C19H23NO4/c1-3-22-13-14-24-18-8-6-5-7-17(18)20-19(21)15-9-11-16(12-10-15)23-4-2/h5-12H,3-4,13-14H2,1-2H3,(H,20,21). The Kier molecular flexibility index (Phi) is 7.11. The number of para-hydroxylation sites is 2. The van der Waals surface area contributed by atoms with E-state index in [2.05, 4.69) is 5.32 Å². The molecule has 0 aliphatic heterocycles. The van der Waals surface area contributed by atoms with Crippen molar-refractivity contribution in [3.8, 4) is 11.5 Å². The summed E-state index contributed by atoms with van der Waals surface area (Å²) in [6.45, 7) is 6.05. The molecule has 1 amide bonds. The van der Waals surface area contributed by atoms with E-state index in [0.29, 0.717) is 43.4 Å². The van der Waals surface area contributed by atoms with Gasteiger partial charge in [0.05, 0.1) is 18.9 Å². The highest BCUT2D eigenvalue weighted by Gasteiger charge is 2.10. The van der Waals surface area contributed by atoms with Gasteiger partial charge in [-0.25, -0.2) is 0 Å². The van der Waals surface area contributed by atoms with Gasteiger partial charge in [0, 0.05) is 12.2 Å². The normalized spacial score (nSPS) is 10.2. The van der Waals surface area contributed by atoms with Crippen molar-refractivity contribution in [2.24, 2.45) is 0 Å². The Hall–Kier alpha value is -2.53. The van der Waals surface area contributed by atoms with Crippen molar-refractivity contribution in [2.75, 3.05) is 31.7 Å². The van der Waals surface area contributed by atoms with Crippen LogP contribution >= 0.6 is 0 Å². The van der Waals surface area contributed by atoms with Crippen LogP contribution in [-0.2, 0) is 4.74 Å². The van der Waals surface area contributed by atoms with Crippen molar-refractivity contribution in [1.82, 2.24) is 0 Å². The fourth-order valence-corrected chi connectivity index (χ4v) is 2.11. The van der Waals surface area contributed by atoms with Gasteiger partial charge in [0.25, 0.3) is 5.91 Å². The number of benzene rings is 2. The number of nitrogens with one attached hydrogen (secondary N) is 1. The number of amides is 1. The average Bonchev–Trinajstić information content (AvgIpc) is 2.61. The monoisotopic (exact) mass is 329 g/mol. The van der Waals surface area contributed by atoms with Crippen LogP contribution in [0, 0.1) is 0 Å². The zero-order valence-electron chi connectivity index (χ0n) is 14.1. The van der Waals surface area contributed by atoms with Crippen molar-refractivity contribution < 1.29 is 19.0 Å². The van der Waals surface area contributed by atoms with E-state index in [1.807, 2.05) is 38.1 Å². The van der Waals surface area contributed by atoms with Crippen LogP contribution in [0.1, 0.15) is 24.2 Å². The van der Waals surface area contributed by atoms with Crippen LogP contribution in [0.5, 0.6) is 11.5 Å². The van der Waals surface area contributed by atoms with Crippen molar-refractivity contribution in [3.63, 3.8) is 0 Å². The Morgan fingerprint density at radius 3 is 2.38 bits per heavy atom. The van der Waals surface area contributed by atoms with E-state index in [4.69, 9.17) is 14.2 Å². The van der Waals surface area contributed by atoms with Crippen LogP contribution in [0.15, 0.2) is 48.5 Å². The molecule has 2 aromatic carbocycles. The molecule has 0 heterocycles. The lowest BCUT2D eigenvalue weighted by Gasteiger charge is -2.12. The van der Waals surface area contributed by atoms with Crippen LogP contribution in [0.3, 0.4) is 0 Å². The summed E-state index contributed by atoms with van der Waals surface area (Å²) in [6, 6.07) is 14.4. The van der Waals surface area contributed by atoms with Gasteiger partial charge in [-0.1, -0.05) is 12.1 Å². The highest BCUT2D eigenvalue weighted by molar-refractivity contribution is 6.05. The zero-order valence-corrected chi connectivity index (χ0v) is 14.1. The van der Waals surface area contributed by atoms with Gasteiger partial charge >= 0.3 is 0 Å². The second kappa shape index (κ2) is 9.57. The van der Waals surface area contributed by atoms with E-state index in [-0.39, 0.29) is 5.91 Å². The Labute approximate surface area is 142 Å². The second-order valence-electron chi connectivity index (χ2n) is 4.95. The molecule has 0 spiro atoms. The Bertz CT molecular complexity index is 640. The molecule has 24 heavy (non-hydrogen) atoms. The molecule has 0 aliphatic rings. The molecular weight excluding hydrogens is 306 g/mol. The highest BCUT2D eigenvalue weighted by Crippen LogP contribution is 2.24. The molecule has 0 radical (unpaired) electrons. The molecule has 0 aromatic heterocycles. The lowest BCUT2D eigenvalue weighted by Crippen LogP contribution is -2.14. The quantitative estimate of drug-likeness (QED) is 0.712. The number of ether oxygens (including phenoxy) is 3. The summed E-state index contributed by atoms with van der Waals surface area (Å²) in [5, 5.41) is 2.87. The third-order valence-corrected chi connectivity index (χ3v) is 3.25. The molecule has 128 valence electrons. The van der Waals surface area contributed by atoms with Gasteiger partial charge < -0.3 is 19.5 Å². The van der Waals surface area contributed by atoms with Gasteiger partial charge in [0.15, 0.2) is 0 Å².